The van der Waals surface area contributed by atoms with E-state index in [9.17, 15) is 9.59 Å². The number of hydrogen-bond acceptors (Lipinski definition) is 8. The molecule has 8 heteroatoms. The SMILES string of the molecule is CCCCCCCCOc1ccc(N=Cc2ccc(C(=O)Oc3cccc(OC(=O)c4ccc(C=Nc5ccc(OCCCCCCCC)cc5)cc4)c3C)cc2)cc1. The molecule has 0 aliphatic heterocycles. The van der Waals surface area contributed by atoms with E-state index in [4.69, 9.17) is 18.9 Å². The second kappa shape index (κ2) is 24.7. The van der Waals surface area contributed by atoms with Crippen LogP contribution in [0.15, 0.2) is 125 Å². The number of ether oxygens (including phenoxy) is 4. The molecule has 0 amide bonds. The maximum Gasteiger partial charge on any atom is 0.343 e. The monoisotopic (exact) mass is 794 g/mol. The third kappa shape index (κ3) is 15.3. The van der Waals surface area contributed by atoms with Crippen molar-refractivity contribution >= 4 is 35.7 Å². The van der Waals surface area contributed by atoms with Crippen LogP contribution in [0.3, 0.4) is 0 Å². The van der Waals surface area contributed by atoms with Gasteiger partial charge in [-0.2, -0.15) is 0 Å². The van der Waals surface area contributed by atoms with Gasteiger partial charge in [0.15, 0.2) is 0 Å². The van der Waals surface area contributed by atoms with Gasteiger partial charge in [0.25, 0.3) is 0 Å². The summed E-state index contributed by atoms with van der Waals surface area (Å²) < 4.78 is 23.2. The van der Waals surface area contributed by atoms with Crippen molar-refractivity contribution in [2.75, 3.05) is 13.2 Å². The van der Waals surface area contributed by atoms with Gasteiger partial charge in [0.2, 0.25) is 0 Å². The lowest BCUT2D eigenvalue weighted by molar-refractivity contribution is 0.0730. The number of benzene rings is 5. The highest BCUT2D eigenvalue weighted by molar-refractivity contribution is 5.94. The average Bonchev–Trinajstić information content (AvgIpc) is 3.27. The Kier molecular flexibility index (Phi) is 18.4. The molecule has 0 aliphatic rings. The molecule has 0 aliphatic carbocycles. The molecule has 308 valence electrons. The molecular formula is C51H58N2O6. The molecular weight excluding hydrogens is 737 g/mol. The highest BCUT2D eigenvalue weighted by atomic mass is 16.5. The number of hydrogen-bond donors (Lipinski definition) is 0. The van der Waals surface area contributed by atoms with Gasteiger partial charge in [0.1, 0.15) is 23.0 Å². The van der Waals surface area contributed by atoms with Crippen molar-refractivity contribution in [1.82, 2.24) is 0 Å². The third-order valence-corrected chi connectivity index (χ3v) is 9.86. The van der Waals surface area contributed by atoms with Gasteiger partial charge >= 0.3 is 11.9 Å². The molecule has 0 spiro atoms. The maximum absolute atomic E-state index is 13.1. The third-order valence-electron chi connectivity index (χ3n) is 9.86. The molecule has 0 heterocycles. The summed E-state index contributed by atoms with van der Waals surface area (Å²) >= 11 is 0. The molecule has 0 saturated heterocycles. The van der Waals surface area contributed by atoms with Gasteiger partial charge < -0.3 is 18.9 Å². The van der Waals surface area contributed by atoms with E-state index in [-0.39, 0.29) is 0 Å². The van der Waals surface area contributed by atoms with Gasteiger partial charge in [0.05, 0.1) is 35.7 Å². The second-order valence-electron chi connectivity index (χ2n) is 14.6. The number of esters is 2. The van der Waals surface area contributed by atoms with Crippen molar-refractivity contribution in [3.8, 4) is 23.0 Å². The molecule has 59 heavy (non-hydrogen) atoms. The Morgan fingerprint density at radius 1 is 0.475 bits per heavy atom. The predicted octanol–water partition coefficient (Wildman–Crippen LogP) is 13.4. The Bertz CT molecular complexity index is 1920. The van der Waals surface area contributed by atoms with E-state index in [1.807, 2.05) is 72.8 Å². The first-order chi connectivity index (χ1) is 28.9. The molecule has 0 N–H and O–H groups in total. The number of nitrogens with zero attached hydrogens (tertiary/aromatic N) is 2. The molecule has 5 aromatic carbocycles. The number of aliphatic imine (C=N–C) groups is 2. The zero-order valence-electron chi connectivity index (χ0n) is 34.9. The van der Waals surface area contributed by atoms with Crippen molar-refractivity contribution in [3.05, 3.63) is 143 Å². The highest BCUT2D eigenvalue weighted by Gasteiger charge is 2.16. The normalized spacial score (nSPS) is 11.2. The Hall–Kier alpha value is -6.02. The standard InChI is InChI=1S/C51H58N2O6/c1-4-6-8-10-12-14-35-56-46-31-27-44(28-32-46)52-37-40-19-23-42(24-20-40)50(54)58-48-17-16-18-49(39(48)3)59-51(55)43-25-21-41(22-26-43)38-53-45-29-33-47(34-30-45)57-36-15-13-11-9-7-5-2/h16-34,37-38H,4-15,35-36H2,1-3H3. The zero-order chi connectivity index (χ0) is 41.5. The Labute approximate surface area is 350 Å². The number of carbonyl (C=O) groups excluding carboxylic acids is 2. The van der Waals surface area contributed by atoms with Crippen molar-refractivity contribution in [1.29, 1.82) is 0 Å². The van der Waals surface area contributed by atoms with Crippen LogP contribution in [0.5, 0.6) is 23.0 Å². The van der Waals surface area contributed by atoms with Crippen LogP contribution >= 0.6 is 0 Å². The Morgan fingerprint density at radius 3 is 1.24 bits per heavy atom. The summed E-state index contributed by atoms with van der Waals surface area (Å²) in [5, 5.41) is 0. The van der Waals surface area contributed by atoms with Gasteiger partial charge in [-0.15, -0.1) is 0 Å². The summed E-state index contributed by atoms with van der Waals surface area (Å²) in [6.45, 7) is 7.65. The largest absolute Gasteiger partial charge is 0.494 e. The molecule has 8 nitrogen and oxygen atoms in total. The van der Waals surface area contributed by atoms with E-state index in [1.54, 1.807) is 61.8 Å². The summed E-state index contributed by atoms with van der Waals surface area (Å²) in [6.07, 6.45) is 18.3. The summed E-state index contributed by atoms with van der Waals surface area (Å²) in [5.74, 6) is 1.23. The molecule has 0 atom stereocenters. The van der Waals surface area contributed by atoms with Crippen LogP contribution in [0.25, 0.3) is 0 Å². The molecule has 5 rings (SSSR count). The van der Waals surface area contributed by atoms with Gasteiger partial charge in [0, 0.05) is 18.0 Å². The van der Waals surface area contributed by atoms with Gasteiger partial charge in [-0.25, -0.2) is 9.59 Å². The van der Waals surface area contributed by atoms with Crippen molar-refractivity contribution in [2.24, 2.45) is 9.98 Å². The second-order valence-corrected chi connectivity index (χ2v) is 14.6. The Balaban J connectivity index is 1.06. The van der Waals surface area contributed by atoms with Crippen LogP contribution in [0, 0.1) is 6.92 Å². The summed E-state index contributed by atoms with van der Waals surface area (Å²) in [6, 6.07) is 34.5. The minimum absolute atomic E-state index is 0.300. The van der Waals surface area contributed by atoms with Crippen LogP contribution in [0.4, 0.5) is 11.4 Å². The maximum atomic E-state index is 13.1. The minimum atomic E-state index is -0.526. The first kappa shape index (κ1) is 44.1. The Morgan fingerprint density at radius 2 is 0.847 bits per heavy atom. The lowest BCUT2D eigenvalue weighted by Crippen LogP contribution is -2.12. The van der Waals surface area contributed by atoms with E-state index < -0.39 is 11.9 Å². The average molecular weight is 795 g/mol. The van der Waals surface area contributed by atoms with Gasteiger partial charge in [-0.3, -0.25) is 9.98 Å². The van der Waals surface area contributed by atoms with E-state index in [0.717, 1.165) is 60.1 Å². The van der Waals surface area contributed by atoms with Gasteiger partial charge in [-0.1, -0.05) is 108 Å². The van der Waals surface area contributed by atoms with Crippen LogP contribution in [-0.4, -0.2) is 37.6 Å². The molecule has 0 radical (unpaired) electrons. The quantitative estimate of drug-likeness (QED) is 0.0267. The number of unbranched alkanes of at least 4 members (excludes halogenated alkanes) is 10. The summed E-state index contributed by atoms with van der Waals surface area (Å²) in [5.41, 5.74) is 4.57. The highest BCUT2D eigenvalue weighted by Crippen LogP contribution is 2.29. The lowest BCUT2D eigenvalue weighted by Gasteiger charge is -2.12. The minimum Gasteiger partial charge on any atom is -0.494 e. The van der Waals surface area contributed by atoms with E-state index in [0.29, 0.717) is 28.2 Å². The number of rotatable bonds is 24. The first-order valence-electron chi connectivity index (χ1n) is 21.2. The van der Waals surface area contributed by atoms with Crippen LogP contribution in [0.1, 0.15) is 128 Å². The fraction of sp³-hybridized carbons (Fsp3) is 0.333. The van der Waals surface area contributed by atoms with Crippen LogP contribution in [-0.2, 0) is 0 Å². The number of carbonyl (C=O) groups is 2. The first-order valence-corrected chi connectivity index (χ1v) is 21.2. The molecule has 5 aromatic rings. The van der Waals surface area contributed by atoms with Crippen molar-refractivity contribution < 1.29 is 28.5 Å². The van der Waals surface area contributed by atoms with Crippen LogP contribution in [0.2, 0.25) is 0 Å². The fourth-order valence-electron chi connectivity index (χ4n) is 6.24. The van der Waals surface area contributed by atoms with E-state index >= 15 is 0 Å². The van der Waals surface area contributed by atoms with Crippen molar-refractivity contribution in [3.63, 3.8) is 0 Å². The van der Waals surface area contributed by atoms with Crippen LogP contribution < -0.4 is 18.9 Å². The summed E-state index contributed by atoms with van der Waals surface area (Å²) in [7, 11) is 0. The van der Waals surface area contributed by atoms with E-state index in [2.05, 4.69) is 23.8 Å². The van der Waals surface area contributed by atoms with Gasteiger partial charge in [-0.05, 0) is 116 Å². The summed E-state index contributed by atoms with van der Waals surface area (Å²) in [4.78, 5) is 35.3. The molecule has 0 bridgehead atoms. The molecule has 0 fully saturated rings. The molecule has 0 aromatic heterocycles. The topological polar surface area (TPSA) is 95.8 Å². The van der Waals surface area contributed by atoms with Crippen molar-refractivity contribution in [2.45, 2.75) is 97.8 Å². The fourth-order valence-corrected chi connectivity index (χ4v) is 6.24. The molecule has 0 unspecified atom stereocenters. The predicted molar refractivity (Wildman–Crippen MR) is 239 cm³/mol. The smallest absolute Gasteiger partial charge is 0.343 e. The molecule has 0 saturated carbocycles. The lowest BCUT2D eigenvalue weighted by atomic mass is 10.1. The zero-order valence-corrected chi connectivity index (χ0v) is 34.9. The van der Waals surface area contributed by atoms with E-state index in [1.165, 1.54) is 64.2 Å².